The van der Waals surface area contributed by atoms with Crippen LogP contribution in [0.15, 0.2) is 46.6 Å². The van der Waals surface area contributed by atoms with E-state index in [1.807, 2.05) is 0 Å². The second-order valence-corrected chi connectivity index (χ2v) is 23.4. The van der Waals surface area contributed by atoms with Gasteiger partial charge in [-0.1, -0.05) is 38.0 Å². The summed E-state index contributed by atoms with van der Waals surface area (Å²) in [4.78, 5) is 149. The number of amides is 6. The van der Waals surface area contributed by atoms with E-state index in [4.69, 9.17) is 10.5 Å². The fourth-order valence-electron chi connectivity index (χ4n) is 9.89. The van der Waals surface area contributed by atoms with Crippen LogP contribution in [0.2, 0.25) is 0 Å². The number of ether oxygens (including phenoxy) is 1. The smallest absolute Gasteiger partial charge is 0.287 e. The predicted molar refractivity (Wildman–Crippen MR) is 276 cm³/mol. The lowest BCUT2D eigenvalue weighted by atomic mass is 9.85. The Labute approximate surface area is 450 Å². The van der Waals surface area contributed by atoms with E-state index in [0.717, 1.165) is 27.8 Å². The molecule has 0 aliphatic carbocycles. The minimum absolute atomic E-state index is 0.0883. The van der Waals surface area contributed by atoms with E-state index < -0.39 is 204 Å². The number of H-pyrrole nitrogens is 1. The van der Waals surface area contributed by atoms with Crippen LogP contribution in [0.4, 0.5) is 5.69 Å². The van der Waals surface area contributed by atoms with E-state index in [-0.39, 0.29) is 32.6 Å². The second kappa shape index (κ2) is 25.0. The number of aromatic nitrogens is 2. The Morgan fingerprint density at radius 1 is 0.974 bits per heavy atom. The third kappa shape index (κ3) is 13.3. The van der Waals surface area contributed by atoms with Gasteiger partial charge in [0.1, 0.15) is 28.0 Å². The van der Waals surface area contributed by atoms with Crippen LogP contribution in [0.5, 0.6) is 5.75 Å². The summed E-state index contributed by atoms with van der Waals surface area (Å²) in [5.41, 5.74) is 3.31. The molecular formula is C48H60N10O16S3. The van der Waals surface area contributed by atoms with Crippen LogP contribution in [0.1, 0.15) is 58.4 Å². The number of nitrogens with one attached hydrogen (secondary N) is 6. The summed E-state index contributed by atoms with van der Waals surface area (Å²) < 4.78 is 21.8. The molecule has 1 aromatic carbocycles. The van der Waals surface area contributed by atoms with Crippen molar-refractivity contribution in [2.45, 2.75) is 111 Å². The molecule has 7 rings (SSSR count). The van der Waals surface area contributed by atoms with Gasteiger partial charge in [-0.25, -0.2) is 9.88 Å². The highest BCUT2D eigenvalue weighted by Crippen LogP contribution is 2.43. The SMILES string of the molecule is CC[C@H](C)[C@@H]1NC(=O)CNC(=O)C2CC(=O)[C@H]([C@@H](C)[C@@H](O)CO)NC(=O)[C@@H]3CC(O)CN3C3(CSSc4ccc([N+](=O)[O-])cn4)Oc4ccc5c(c([nH]c5c4)S(=O)CC(NC(=O)CNC1=O)C(=O)C[C@@H](CC(N)=O)C3=O)C2. The lowest BCUT2D eigenvalue weighted by Gasteiger charge is -2.44. The van der Waals surface area contributed by atoms with Crippen molar-refractivity contribution in [3.63, 3.8) is 0 Å². The number of aliphatic hydroxyl groups is 3. The molecular weight excluding hydrogens is 1070 g/mol. The molecule has 29 heteroatoms. The van der Waals surface area contributed by atoms with Crippen molar-refractivity contribution in [2.75, 3.05) is 37.7 Å². The molecule has 12 atom stereocenters. The zero-order valence-corrected chi connectivity index (χ0v) is 44.5. The molecule has 416 valence electrons. The lowest BCUT2D eigenvalue weighted by Crippen LogP contribution is -2.67. The number of ketones is 3. The molecule has 26 nitrogen and oxygen atoms in total. The second-order valence-electron chi connectivity index (χ2n) is 19.6. The van der Waals surface area contributed by atoms with Gasteiger partial charge in [-0.3, -0.25) is 57.5 Å². The monoisotopic (exact) mass is 1130 g/mol. The maximum Gasteiger partial charge on any atom is 0.287 e. The fourth-order valence-corrected chi connectivity index (χ4v) is 13.6. The number of benzene rings is 1. The average Bonchev–Trinajstić information content (AvgIpc) is 4.01. The Kier molecular flexibility index (Phi) is 18.9. The van der Waals surface area contributed by atoms with Gasteiger partial charge in [0.05, 0.1) is 82.8 Å². The third-order valence-corrected chi connectivity index (χ3v) is 18.0. The summed E-state index contributed by atoms with van der Waals surface area (Å²) in [6.45, 7) is 1.89. The first kappa shape index (κ1) is 58.3. The lowest BCUT2D eigenvalue weighted by molar-refractivity contribution is -0.385. The van der Waals surface area contributed by atoms with Gasteiger partial charge in [0, 0.05) is 61.1 Å². The van der Waals surface area contributed by atoms with Gasteiger partial charge >= 0.3 is 0 Å². The largest absolute Gasteiger partial charge is 0.464 e. The maximum absolute atomic E-state index is 16.0. The number of pyridine rings is 1. The molecule has 0 spiro atoms. The first-order valence-electron chi connectivity index (χ1n) is 24.7. The number of nitro groups is 1. The van der Waals surface area contributed by atoms with Crippen LogP contribution in [0, 0.1) is 33.8 Å². The Morgan fingerprint density at radius 3 is 2.35 bits per heavy atom. The fraction of sp³-hybridized carbons (Fsp3) is 0.542. The quantitative estimate of drug-likeness (QED) is 0.0556. The highest BCUT2D eigenvalue weighted by molar-refractivity contribution is 8.76. The molecule has 0 saturated carbocycles. The van der Waals surface area contributed by atoms with Crippen molar-refractivity contribution in [2.24, 2.45) is 29.4 Å². The van der Waals surface area contributed by atoms with E-state index in [1.165, 1.54) is 42.2 Å². The number of primary amides is 1. The van der Waals surface area contributed by atoms with Crippen molar-refractivity contribution >= 4 is 102 Å². The number of hydrogen-bond donors (Lipinski definition) is 10. The van der Waals surface area contributed by atoms with Gasteiger partial charge in [-0.05, 0) is 53.3 Å². The summed E-state index contributed by atoms with van der Waals surface area (Å²) in [6.07, 6.45) is -4.99. The first-order chi connectivity index (χ1) is 36.5. The number of hydrogen-bond acceptors (Lipinski definition) is 20. The van der Waals surface area contributed by atoms with Gasteiger partial charge in [0.25, 0.3) is 5.69 Å². The Balaban J connectivity index is 1.50. The molecule has 5 unspecified atom stereocenters. The van der Waals surface area contributed by atoms with Crippen molar-refractivity contribution in [3.8, 4) is 5.75 Å². The maximum atomic E-state index is 16.0. The number of rotatable bonds is 12. The molecule has 2 aromatic heterocycles. The standard InChI is InChI=1S/C48H60N10O16S3/c1-4-22(2)41-46(70)52-16-38(65)53-32-20-77(73)47-30-9-25(44(68)51-17-39(66)55-41)11-35(62)42(23(3)36(63)19-59)56-45(69)33-13-27(60)18-57(33)48(43(67)24(10-34(32)61)12-37(49)64,74-28-6-7-29(30)31(14-28)54-47)21-75-76-40-8-5-26(15-50-40)58(71)72/h5-8,14-15,22-25,27,32-33,36,41-42,54,59-60,63H,4,9-13,16-21H2,1-3H3,(H2,49,64)(H,51,68)(H,52,70)(H,53,65)(H,55,66)(H,56,69)/t22-,23-,24-,25?,27?,32?,33-,36-,41-,42-,48?,77?/m0/s1. The minimum Gasteiger partial charge on any atom is -0.464 e. The first-order valence-corrected chi connectivity index (χ1v) is 28.4. The van der Waals surface area contributed by atoms with Gasteiger partial charge in [0.2, 0.25) is 41.2 Å². The van der Waals surface area contributed by atoms with Gasteiger partial charge in [0.15, 0.2) is 17.3 Å². The number of Topliss-reactive ketones (excluding diaryl/α,β-unsaturated/α-hetero) is 3. The van der Waals surface area contributed by atoms with Crippen LogP contribution < -0.4 is 37.1 Å². The minimum atomic E-state index is -2.51. The molecule has 77 heavy (non-hydrogen) atoms. The summed E-state index contributed by atoms with van der Waals surface area (Å²) in [5, 5.41) is 57.3. The van der Waals surface area contributed by atoms with Crippen molar-refractivity contribution in [3.05, 3.63) is 52.2 Å². The van der Waals surface area contributed by atoms with Crippen molar-refractivity contribution in [1.82, 2.24) is 41.5 Å². The zero-order valence-electron chi connectivity index (χ0n) is 42.0. The number of fused-ring (bicyclic) bond motifs is 7. The highest BCUT2D eigenvalue weighted by atomic mass is 33.1. The van der Waals surface area contributed by atoms with Crippen LogP contribution >= 0.6 is 21.6 Å². The summed E-state index contributed by atoms with van der Waals surface area (Å²) >= 11 is 0. The molecule has 3 aromatic rings. The van der Waals surface area contributed by atoms with Gasteiger partial charge in [-0.15, -0.1) is 0 Å². The number of carbonyl (C=O) groups excluding carboxylic acids is 9. The van der Waals surface area contributed by atoms with Crippen molar-refractivity contribution < 1.29 is 72.3 Å². The van der Waals surface area contributed by atoms with E-state index >= 15 is 9.59 Å². The van der Waals surface area contributed by atoms with Gasteiger partial charge in [-0.2, -0.15) is 0 Å². The molecule has 6 amide bonds. The molecule has 0 radical (unpaired) electrons. The average molecular weight is 1130 g/mol. The molecule has 1 saturated heterocycles. The van der Waals surface area contributed by atoms with Crippen LogP contribution in [0.25, 0.3) is 10.9 Å². The number of carbonyl (C=O) groups is 9. The van der Waals surface area contributed by atoms with E-state index in [9.17, 15) is 63.2 Å². The molecule has 11 N–H and O–H groups in total. The number of nitrogens with zero attached hydrogens (tertiary/aromatic N) is 3. The summed E-state index contributed by atoms with van der Waals surface area (Å²) in [7, 11) is -0.516. The van der Waals surface area contributed by atoms with Crippen LogP contribution in [0.3, 0.4) is 0 Å². The topological polar surface area (TPSA) is 402 Å². The Bertz CT molecular complexity index is 2850. The van der Waals surface area contributed by atoms with E-state index in [0.29, 0.717) is 11.8 Å². The summed E-state index contributed by atoms with van der Waals surface area (Å²) in [5.74, 6) is -14.8. The Morgan fingerprint density at radius 2 is 1.69 bits per heavy atom. The van der Waals surface area contributed by atoms with Crippen molar-refractivity contribution in [1.29, 1.82) is 0 Å². The van der Waals surface area contributed by atoms with Gasteiger partial charge < -0.3 is 57.4 Å². The molecule has 6 heterocycles. The van der Waals surface area contributed by atoms with Crippen LogP contribution in [-0.2, 0) is 60.4 Å². The number of aromatic amines is 1. The normalized spacial score (nSPS) is 28.4. The zero-order chi connectivity index (χ0) is 56.0. The predicted octanol–water partition coefficient (Wildman–Crippen LogP) is -1.57. The molecule has 8 bridgehead atoms. The number of aliphatic hydroxyl groups excluding tert-OH is 3. The molecule has 4 aliphatic heterocycles. The molecule has 4 aliphatic rings. The van der Waals surface area contributed by atoms with E-state index in [2.05, 4.69) is 36.6 Å². The Hall–Kier alpha value is -6.37. The van der Waals surface area contributed by atoms with Crippen LogP contribution in [-0.4, -0.2) is 172 Å². The summed E-state index contributed by atoms with van der Waals surface area (Å²) in [6, 6.07) is 0.592. The highest BCUT2D eigenvalue weighted by Gasteiger charge is 2.57. The third-order valence-electron chi connectivity index (χ3n) is 14.3. The molecule has 1 fully saturated rings. The number of nitrogens with two attached hydrogens (primary N) is 1. The van der Waals surface area contributed by atoms with E-state index in [1.54, 1.807) is 13.8 Å².